The highest BCUT2D eigenvalue weighted by Crippen LogP contribution is 2.29. The topological polar surface area (TPSA) is 37.3 Å². The molecule has 1 aromatic rings. The molecule has 0 aliphatic carbocycles. The molecule has 0 unspecified atom stereocenters. The molecule has 0 bridgehead atoms. The lowest BCUT2D eigenvalue weighted by Gasteiger charge is -2.08. The number of carbonyl (C=O) groups is 1. The lowest BCUT2D eigenvalue weighted by atomic mass is 10.1. The molecular formula is C10H8BrF3O2. The first-order chi connectivity index (χ1) is 7.30. The molecule has 88 valence electrons. The summed E-state index contributed by atoms with van der Waals surface area (Å²) in [6.45, 7) is 0. The zero-order chi connectivity index (χ0) is 12.3. The largest absolute Gasteiger partial charge is 0.480 e. The smallest absolute Gasteiger partial charge is 0.416 e. The molecule has 0 aromatic heterocycles. The highest BCUT2D eigenvalue weighted by molar-refractivity contribution is 9.10. The summed E-state index contributed by atoms with van der Waals surface area (Å²) in [6, 6.07) is 4.44. The van der Waals surface area contributed by atoms with Crippen LogP contribution in [0.25, 0.3) is 0 Å². The van der Waals surface area contributed by atoms with Gasteiger partial charge in [0.25, 0.3) is 0 Å². The maximum absolute atomic E-state index is 12.2. The third-order valence-electron chi connectivity index (χ3n) is 1.96. The Kier molecular flexibility index (Phi) is 3.96. The SMILES string of the molecule is O=C(O)[C@H](Br)Cc1ccc(C(F)(F)F)cc1. The molecule has 1 rings (SSSR count). The summed E-state index contributed by atoms with van der Waals surface area (Å²) in [4.78, 5) is 9.72. The molecule has 1 atom stereocenters. The van der Waals surface area contributed by atoms with Crippen LogP contribution in [-0.4, -0.2) is 15.9 Å². The molecule has 0 heterocycles. The van der Waals surface area contributed by atoms with Gasteiger partial charge in [0.05, 0.1) is 5.56 Å². The van der Waals surface area contributed by atoms with Gasteiger partial charge in [-0.3, -0.25) is 4.79 Å². The van der Waals surface area contributed by atoms with Crippen molar-refractivity contribution in [3.8, 4) is 0 Å². The average molecular weight is 297 g/mol. The van der Waals surface area contributed by atoms with Crippen LogP contribution in [0.15, 0.2) is 24.3 Å². The van der Waals surface area contributed by atoms with E-state index < -0.39 is 22.5 Å². The van der Waals surface area contributed by atoms with E-state index in [0.717, 1.165) is 12.1 Å². The van der Waals surface area contributed by atoms with Gasteiger partial charge in [-0.25, -0.2) is 0 Å². The predicted octanol–water partition coefficient (Wildman–Crippen LogP) is 3.10. The zero-order valence-electron chi connectivity index (χ0n) is 7.96. The predicted molar refractivity (Wildman–Crippen MR) is 55.5 cm³/mol. The fourth-order valence-corrected chi connectivity index (χ4v) is 1.50. The normalized spacial score (nSPS) is 13.5. The first-order valence-electron chi connectivity index (χ1n) is 4.33. The lowest BCUT2D eigenvalue weighted by Crippen LogP contribution is -2.15. The fourth-order valence-electron chi connectivity index (χ4n) is 1.12. The maximum atomic E-state index is 12.2. The van der Waals surface area contributed by atoms with Crippen LogP contribution in [0, 0.1) is 0 Å². The van der Waals surface area contributed by atoms with Crippen molar-refractivity contribution >= 4 is 21.9 Å². The Morgan fingerprint density at radius 1 is 1.31 bits per heavy atom. The number of aliphatic carboxylic acids is 1. The van der Waals surface area contributed by atoms with Crippen LogP contribution < -0.4 is 0 Å². The highest BCUT2D eigenvalue weighted by atomic mass is 79.9. The van der Waals surface area contributed by atoms with E-state index >= 15 is 0 Å². The summed E-state index contributed by atoms with van der Waals surface area (Å²) in [6.07, 6.45) is -4.22. The Balaban J connectivity index is 2.76. The van der Waals surface area contributed by atoms with Crippen molar-refractivity contribution in [2.45, 2.75) is 17.4 Å². The lowest BCUT2D eigenvalue weighted by molar-refractivity contribution is -0.138. The van der Waals surface area contributed by atoms with Crippen LogP contribution in [-0.2, 0) is 17.4 Å². The molecule has 6 heteroatoms. The Labute approximate surface area is 98.2 Å². The van der Waals surface area contributed by atoms with Crippen LogP contribution >= 0.6 is 15.9 Å². The molecule has 16 heavy (non-hydrogen) atoms. The van der Waals surface area contributed by atoms with Gasteiger partial charge in [-0.05, 0) is 24.1 Å². The van der Waals surface area contributed by atoms with Crippen LogP contribution in [0.5, 0.6) is 0 Å². The summed E-state index contributed by atoms with van der Waals surface area (Å²) in [5.74, 6) is -1.04. The molecule has 0 saturated carbocycles. The molecule has 0 fully saturated rings. The minimum absolute atomic E-state index is 0.146. The number of hydrogen-bond acceptors (Lipinski definition) is 1. The number of halogens is 4. The number of hydrogen-bond donors (Lipinski definition) is 1. The zero-order valence-corrected chi connectivity index (χ0v) is 9.55. The molecular weight excluding hydrogens is 289 g/mol. The van der Waals surface area contributed by atoms with Crippen molar-refractivity contribution < 1.29 is 23.1 Å². The van der Waals surface area contributed by atoms with E-state index in [1.54, 1.807) is 0 Å². The van der Waals surface area contributed by atoms with E-state index in [9.17, 15) is 18.0 Å². The number of benzene rings is 1. The van der Waals surface area contributed by atoms with E-state index in [0.29, 0.717) is 5.56 Å². The van der Waals surface area contributed by atoms with Crippen LogP contribution in [0.3, 0.4) is 0 Å². The van der Waals surface area contributed by atoms with E-state index in [1.807, 2.05) is 0 Å². The van der Waals surface area contributed by atoms with Crippen LogP contribution in [0.1, 0.15) is 11.1 Å². The molecule has 0 aliphatic rings. The summed E-state index contributed by atoms with van der Waals surface area (Å²) in [5.41, 5.74) is -0.199. The van der Waals surface area contributed by atoms with Crippen molar-refractivity contribution in [2.75, 3.05) is 0 Å². The van der Waals surface area contributed by atoms with Crippen LogP contribution in [0.2, 0.25) is 0 Å². The van der Waals surface area contributed by atoms with Crippen molar-refractivity contribution in [3.05, 3.63) is 35.4 Å². The van der Waals surface area contributed by atoms with Crippen molar-refractivity contribution in [3.63, 3.8) is 0 Å². The quantitative estimate of drug-likeness (QED) is 0.870. The maximum Gasteiger partial charge on any atom is 0.416 e. The van der Waals surface area contributed by atoms with Gasteiger partial charge in [0.2, 0.25) is 0 Å². The number of alkyl halides is 4. The first kappa shape index (κ1) is 13.0. The van der Waals surface area contributed by atoms with Gasteiger partial charge >= 0.3 is 12.1 Å². The van der Waals surface area contributed by atoms with Gasteiger partial charge in [-0.15, -0.1) is 0 Å². The van der Waals surface area contributed by atoms with E-state index in [-0.39, 0.29) is 6.42 Å². The Morgan fingerprint density at radius 2 is 1.81 bits per heavy atom. The molecule has 0 radical (unpaired) electrons. The second-order valence-electron chi connectivity index (χ2n) is 3.20. The van der Waals surface area contributed by atoms with E-state index in [4.69, 9.17) is 5.11 Å². The number of carboxylic acid groups (broad SMARTS) is 1. The summed E-state index contributed by atoms with van der Waals surface area (Å²) in [5, 5.41) is 8.60. The minimum atomic E-state index is -4.36. The van der Waals surface area contributed by atoms with Crippen LogP contribution in [0.4, 0.5) is 13.2 Å². The van der Waals surface area contributed by atoms with Gasteiger partial charge in [0, 0.05) is 0 Å². The van der Waals surface area contributed by atoms with Gasteiger partial charge in [-0.2, -0.15) is 13.2 Å². The Bertz CT molecular complexity index is 373. The van der Waals surface area contributed by atoms with E-state index in [1.165, 1.54) is 12.1 Å². The number of carboxylic acids is 1. The molecule has 1 aromatic carbocycles. The van der Waals surface area contributed by atoms with Crippen molar-refractivity contribution in [2.24, 2.45) is 0 Å². The second kappa shape index (κ2) is 4.86. The average Bonchev–Trinajstić information content (AvgIpc) is 2.17. The third-order valence-corrected chi connectivity index (χ3v) is 2.68. The Hall–Kier alpha value is -1.04. The minimum Gasteiger partial charge on any atom is -0.480 e. The van der Waals surface area contributed by atoms with E-state index in [2.05, 4.69) is 15.9 Å². The number of rotatable bonds is 3. The highest BCUT2D eigenvalue weighted by Gasteiger charge is 2.30. The summed E-state index contributed by atoms with van der Waals surface area (Å²) in [7, 11) is 0. The first-order valence-corrected chi connectivity index (χ1v) is 5.25. The molecule has 2 nitrogen and oxygen atoms in total. The third kappa shape index (κ3) is 3.52. The molecule has 1 N–H and O–H groups in total. The summed E-state index contributed by atoms with van der Waals surface area (Å²) < 4.78 is 36.6. The van der Waals surface area contributed by atoms with Crippen molar-refractivity contribution in [1.29, 1.82) is 0 Å². The molecule has 0 spiro atoms. The molecule has 0 aliphatic heterocycles. The van der Waals surface area contributed by atoms with Gasteiger partial charge < -0.3 is 5.11 Å². The fraction of sp³-hybridized carbons (Fsp3) is 0.300. The molecule has 0 saturated heterocycles. The monoisotopic (exact) mass is 296 g/mol. The standard InChI is InChI=1S/C10H8BrF3O2/c11-8(9(15)16)5-6-1-3-7(4-2-6)10(12,13)14/h1-4,8H,5H2,(H,15,16)/t8-/m1/s1. The second-order valence-corrected chi connectivity index (χ2v) is 4.31. The Morgan fingerprint density at radius 3 is 2.19 bits per heavy atom. The molecule has 0 amide bonds. The van der Waals surface area contributed by atoms with Gasteiger partial charge in [0.15, 0.2) is 0 Å². The van der Waals surface area contributed by atoms with Gasteiger partial charge in [-0.1, -0.05) is 28.1 Å². The van der Waals surface area contributed by atoms with Crippen molar-refractivity contribution in [1.82, 2.24) is 0 Å². The van der Waals surface area contributed by atoms with Gasteiger partial charge in [0.1, 0.15) is 4.83 Å². The summed E-state index contributed by atoms with van der Waals surface area (Å²) >= 11 is 2.92.